The number of ether oxygens (including phenoxy) is 1. The zero-order chi connectivity index (χ0) is 9.19. The standard InChI is InChI=1S/C11H18O/c1-5-11(4)8-6-7-10(12-11)9(2)3/h5,10H,1-2,6-8H2,3-4H3. The van der Waals surface area contributed by atoms with E-state index in [4.69, 9.17) is 4.74 Å². The summed E-state index contributed by atoms with van der Waals surface area (Å²) < 4.78 is 5.87. The Morgan fingerprint density at radius 2 is 2.33 bits per heavy atom. The van der Waals surface area contributed by atoms with Gasteiger partial charge < -0.3 is 4.74 Å². The molecule has 68 valence electrons. The van der Waals surface area contributed by atoms with E-state index in [1.165, 1.54) is 6.42 Å². The fourth-order valence-electron chi connectivity index (χ4n) is 1.58. The lowest BCUT2D eigenvalue weighted by Crippen LogP contribution is -2.36. The van der Waals surface area contributed by atoms with Gasteiger partial charge in [-0.25, -0.2) is 0 Å². The zero-order valence-corrected chi connectivity index (χ0v) is 8.10. The van der Waals surface area contributed by atoms with Crippen LogP contribution in [0.4, 0.5) is 0 Å². The second-order valence-electron chi connectivity index (χ2n) is 3.86. The lowest BCUT2D eigenvalue weighted by atomic mass is 9.91. The van der Waals surface area contributed by atoms with Crippen LogP contribution in [0.15, 0.2) is 24.8 Å². The predicted molar refractivity (Wildman–Crippen MR) is 52.1 cm³/mol. The largest absolute Gasteiger partial charge is 0.364 e. The molecule has 0 aromatic carbocycles. The molecule has 1 saturated heterocycles. The van der Waals surface area contributed by atoms with E-state index in [1.54, 1.807) is 0 Å². The van der Waals surface area contributed by atoms with Gasteiger partial charge in [0.15, 0.2) is 0 Å². The zero-order valence-electron chi connectivity index (χ0n) is 8.10. The van der Waals surface area contributed by atoms with E-state index in [-0.39, 0.29) is 11.7 Å². The smallest absolute Gasteiger partial charge is 0.0840 e. The molecule has 0 radical (unpaired) electrons. The molecule has 1 heteroatoms. The van der Waals surface area contributed by atoms with Crippen molar-refractivity contribution in [2.45, 2.75) is 44.8 Å². The molecular weight excluding hydrogens is 148 g/mol. The molecule has 1 nitrogen and oxygen atoms in total. The second-order valence-corrected chi connectivity index (χ2v) is 3.86. The summed E-state index contributed by atoms with van der Waals surface area (Å²) in [5.74, 6) is 0. The van der Waals surface area contributed by atoms with Gasteiger partial charge in [-0.3, -0.25) is 0 Å². The van der Waals surface area contributed by atoms with Gasteiger partial charge in [0.25, 0.3) is 0 Å². The Bertz CT molecular complexity index is 195. The highest BCUT2D eigenvalue weighted by Gasteiger charge is 2.30. The maximum atomic E-state index is 5.87. The quantitative estimate of drug-likeness (QED) is 0.573. The Morgan fingerprint density at radius 3 is 2.83 bits per heavy atom. The van der Waals surface area contributed by atoms with Crippen LogP contribution in [-0.2, 0) is 4.74 Å². The first-order chi connectivity index (χ1) is 5.57. The topological polar surface area (TPSA) is 9.23 Å². The molecule has 1 aliphatic heterocycles. The molecule has 1 fully saturated rings. The van der Waals surface area contributed by atoms with E-state index in [9.17, 15) is 0 Å². The Balaban J connectivity index is 2.62. The summed E-state index contributed by atoms with van der Waals surface area (Å²) in [5, 5.41) is 0. The molecule has 0 bridgehead atoms. The van der Waals surface area contributed by atoms with E-state index in [1.807, 2.05) is 13.0 Å². The minimum Gasteiger partial charge on any atom is -0.364 e. The average molecular weight is 166 g/mol. The maximum Gasteiger partial charge on any atom is 0.0840 e. The predicted octanol–water partition coefficient (Wildman–Crippen LogP) is 3.08. The Kier molecular flexibility index (Phi) is 2.73. The molecule has 1 heterocycles. The van der Waals surface area contributed by atoms with Crippen LogP contribution in [0.1, 0.15) is 33.1 Å². The van der Waals surface area contributed by atoms with Crippen LogP contribution in [0.25, 0.3) is 0 Å². The summed E-state index contributed by atoms with van der Waals surface area (Å²) in [6.07, 6.45) is 5.54. The van der Waals surface area contributed by atoms with Gasteiger partial charge in [-0.2, -0.15) is 0 Å². The van der Waals surface area contributed by atoms with Gasteiger partial charge in [-0.05, 0) is 33.1 Å². The molecule has 0 aliphatic carbocycles. The normalized spacial score (nSPS) is 36.0. The fourth-order valence-corrected chi connectivity index (χ4v) is 1.58. The van der Waals surface area contributed by atoms with Gasteiger partial charge >= 0.3 is 0 Å². The maximum absolute atomic E-state index is 5.87. The number of rotatable bonds is 2. The van der Waals surface area contributed by atoms with Crippen LogP contribution < -0.4 is 0 Å². The fraction of sp³-hybridized carbons (Fsp3) is 0.636. The first-order valence-electron chi connectivity index (χ1n) is 4.54. The Hall–Kier alpha value is -0.560. The van der Waals surface area contributed by atoms with Crippen LogP contribution >= 0.6 is 0 Å². The van der Waals surface area contributed by atoms with Crippen LogP contribution in [0.3, 0.4) is 0 Å². The summed E-state index contributed by atoms with van der Waals surface area (Å²) >= 11 is 0. The summed E-state index contributed by atoms with van der Waals surface area (Å²) in [4.78, 5) is 0. The highest BCUT2D eigenvalue weighted by molar-refractivity contribution is 5.05. The third-order valence-corrected chi connectivity index (χ3v) is 2.53. The van der Waals surface area contributed by atoms with Crippen LogP contribution in [-0.4, -0.2) is 11.7 Å². The van der Waals surface area contributed by atoms with Gasteiger partial charge in [0.05, 0.1) is 11.7 Å². The van der Waals surface area contributed by atoms with Crippen LogP contribution in [0.2, 0.25) is 0 Å². The van der Waals surface area contributed by atoms with E-state index < -0.39 is 0 Å². The van der Waals surface area contributed by atoms with Crippen molar-refractivity contribution in [3.8, 4) is 0 Å². The van der Waals surface area contributed by atoms with Crippen molar-refractivity contribution in [2.75, 3.05) is 0 Å². The van der Waals surface area contributed by atoms with Gasteiger partial charge in [0.1, 0.15) is 0 Å². The van der Waals surface area contributed by atoms with Gasteiger partial charge in [-0.15, -0.1) is 6.58 Å². The minimum absolute atomic E-state index is 0.123. The second kappa shape index (κ2) is 3.44. The lowest BCUT2D eigenvalue weighted by Gasteiger charge is -2.36. The van der Waals surface area contributed by atoms with Gasteiger partial charge in [-0.1, -0.05) is 18.2 Å². The lowest BCUT2D eigenvalue weighted by molar-refractivity contribution is -0.0710. The molecule has 0 spiro atoms. The molecule has 2 atom stereocenters. The molecule has 1 rings (SSSR count). The molecule has 0 N–H and O–H groups in total. The van der Waals surface area contributed by atoms with Gasteiger partial charge in [0.2, 0.25) is 0 Å². The Labute approximate surface area is 75.1 Å². The van der Waals surface area contributed by atoms with E-state index in [0.29, 0.717) is 0 Å². The molecular formula is C11H18O. The number of hydrogen-bond donors (Lipinski definition) is 0. The van der Waals surface area contributed by atoms with Crippen molar-refractivity contribution in [3.63, 3.8) is 0 Å². The first-order valence-corrected chi connectivity index (χ1v) is 4.54. The van der Waals surface area contributed by atoms with Crippen molar-refractivity contribution in [3.05, 3.63) is 24.8 Å². The highest BCUT2D eigenvalue weighted by Crippen LogP contribution is 2.31. The van der Waals surface area contributed by atoms with E-state index in [2.05, 4.69) is 20.1 Å². The van der Waals surface area contributed by atoms with Crippen LogP contribution in [0.5, 0.6) is 0 Å². The molecule has 0 amide bonds. The molecule has 0 saturated carbocycles. The summed E-state index contributed by atoms with van der Waals surface area (Å²) in [7, 11) is 0. The molecule has 12 heavy (non-hydrogen) atoms. The van der Waals surface area contributed by atoms with Crippen molar-refractivity contribution < 1.29 is 4.74 Å². The summed E-state index contributed by atoms with van der Waals surface area (Å²) in [6, 6.07) is 0. The van der Waals surface area contributed by atoms with Crippen molar-refractivity contribution in [1.82, 2.24) is 0 Å². The molecule has 2 unspecified atom stereocenters. The van der Waals surface area contributed by atoms with Crippen LogP contribution in [0, 0.1) is 0 Å². The van der Waals surface area contributed by atoms with Crippen molar-refractivity contribution >= 4 is 0 Å². The molecule has 0 aromatic heterocycles. The third-order valence-electron chi connectivity index (χ3n) is 2.53. The molecule has 1 aliphatic rings. The minimum atomic E-state index is -0.123. The SMILES string of the molecule is C=CC1(C)CCCC(C(=C)C)O1. The monoisotopic (exact) mass is 166 g/mol. The first kappa shape index (κ1) is 9.53. The Morgan fingerprint density at radius 1 is 1.67 bits per heavy atom. The van der Waals surface area contributed by atoms with E-state index >= 15 is 0 Å². The van der Waals surface area contributed by atoms with E-state index in [0.717, 1.165) is 18.4 Å². The summed E-state index contributed by atoms with van der Waals surface area (Å²) in [6.45, 7) is 11.8. The number of hydrogen-bond acceptors (Lipinski definition) is 1. The third kappa shape index (κ3) is 1.98. The summed E-state index contributed by atoms with van der Waals surface area (Å²) in [5.41, 5.74) is 1.00. The highest BCUT2D eigenvalue weighted by atomic mass is 16.5. The van der Waals surface area contributed by atoms with Gasteiger partial charge in [0, 0.05) is 0 Å². The van der Waals surface area contributed by atoms with Crippen molar-refractivity contribution in [2.24, 2.45) is 0 Å². The van der Waals surface area contributed by atoms with Crippen molar-refractivity contribution in [1.29, 1.82) is 0 Å². The molecule has 0 aromatic rings. The average Bonchev–Trinajstić information content (AvgIpc) is 2.05.